The number of ether oxygens (including phenoxy) is 1. The molecule has 1 aliphatic rings. The Morgan fingerprint density at radius 1 is 1.64 bits per heavy atom. The van der Waals surface area contributed by atoms with E-state index in [1.54, 1.807) is 0 Å². The smallest absolute Gasteiger partial charge is 0.291 e. The molecule has 1 fully saturated rings. The van der Waals surface area contributed by atoms with Gasteiger partial charge in [0.15, 0.2) is 0 Å². The molecule has 11 heavy (non-hydrogen) atoms. The normalized spacial score (nSPS) is 29.8. The van der Waals surface area contributed by atoms with Gasteiger partial charge in [-0.25, -0.2) is 5.41 Å². The van der Waals surface area contributed by atoms with E-state index in [-0.39, 0.29) is 11.5 Å². The molecule has 0 spiro atoms. The van der Waals surface area contributed by atoms with Gasteiger partial charge in [0.1, 0.15) is 18.7 Å². The Labute approximate surface area is 66.8 Å². The van der Waals surface area contributed by atoms with Crippen LogP contribution in [0.1, 0.15) is 13.8 Å². The molecular formula is C7H16N3O+. The third-order valence-corrected chi connectivity index (χ3v) is 2.10. The molecule has 1 atom stereocenters. The summed E-state index contributed by atoms with van der Waals surface area (Å²) in [7, 11) is 0. The summed E-state index contributed by atoms with van der Waals surface area (Å²) >= 11 is 0. The van der Waals surface area contributed by atoms with E-state index >= 15 is 0 Å². The summed E-state index contributed by atoms with van der Waals surface area (Å²) in [5.74, 6) is 0.221. The highest BCUT2D eigenvalue weighted by atomic mass is 16.5. The molecule has 4 heteroatoms. The minimum atomic E-state index is -0.0376. The second-order valence-corrected chi connectivity index (χ2v) is 3.58. The molecule has 0 aromatic rings. The van der Waals surface area contributed by atoms with E-state index in [1.165, 1.54) is 0 Å². The molecule has 64 valence electrons. The van der Waals surface area contributed by atoms with E-state index in [9.17, 15) is 0 Å². The average Bonchev–Trinajstić information content (AvgIpc) is 1.85. The predicted molar refractivity (Wildman–Crippen MR) is 42.6 cm³/mol. The molecule has 1 unspecified atom stereocenters. The van der Waals surface area contributed by atoms with Crippen molar-refractivity contribution >= 4 is 5.96 Å². The first kappa shape index (κ1) is 8.49. The first-order chi connectivity index (χ1) is 5.04. The summed E-state index contributed by atoms with van der Waals surface area (Å²) in [5, 5.41) is 7.33. The number of guanidine groups is 1. The van der Waals surface area contributed by atoms with Crippen LogP contribution in [-0.2, 0) is 4.74 Å². The van der Waals surface area contributed by atoms with Crippen LogP contribution >= 0.6 is 0 Å². The van der Waals surface area contributed by atoms with Crippen LogP contribution in [0.5, 0.6) is 0 Å². The maximum Gasteiger partial charge on any atom is 0.291 e. The van der Waals surface area contributed by atoms with Crippen molar-refractivity contribution in [3.63, 3.8) is 0 Å². The van der Waals surface area contributed by atoms with Gasteiger partial charge in [-0.15, -0.1) is 0 Å². The Bertz CT molecular complexity index is 167. The molecule has 0 amide bonds. The summed E-state index contributed by atoms with van der Waals surface area (Å²) in [6, 6.07) is 0. The fraction of sp³-hybridized carbons (Fsp3) is 0.857. The van der Waals surface area contributed by atoms with Crippen LogP contribution in [0.15, 0.2) is 0 Å². The van der Waals surface area contributed by atoms with Crippen molar-refractivity contribution in [3.05, 3.63) is 0 Å². The molecule has 1 rings (SSSR count). The molecule has 0 aliphatic carbocycles. The molecule has 4 nitrogen and oxygen atoms in total. The first-order valence-electron chi connectivity index (χ1n) is 3.82. The molecule has 1 saturated heterocycles. The molecule has 0 aromatic carbocycles. The Kier molecular flexibility index (Phi) is 2.15. The lowest BCUT2D eigenvalue weighted by Crippen LogP contribution is -3.24. The number of rotatable bonds is 0. The van der Waals surface area contributed by atoms with Crippen LogP contribution in [0.2, 0.25) is 0 Å². The van der Waals surface area contributed by atoms with Gasteiger partial charge >= 0.3 is 0 Å². The lowest BCUT2D eigenvalue weighted by Gasteiger charge is -2.36. The second kappa shape index (κ2) is 2.79. The minimum Gasteiger partial charge on any atom is -0.369 e. The van der Waals surface area contributed by atoms with Crippen LogP contribution in [0.25, 0.3) is 0 Å². The van der Waals surface area contributed by atoms with E-state index in [4.69, 9.17) is 15.9 Å². The van der Waals surface area contributed by atoms with Gasteiger partial charge in [-0.05, 0) is 13.8 Å². The van der Waals surface area contributed by atoms with Gasteiger partial charge < -0.3 is 10.5 Å². The van der Waals surface area contributed by atoms with Crippen molar-refractivity contribution in [2.75, 3.05) is 19.8 Å². The number of quaternary nitrogens is 1. The topological polar surface area (TPSA) is 63.5 Å². The molecular weight excluding hydrogens is 142 g/mol. The van der Waals surface area contributed by atoms with Crippen molar-refractivity contribution in [3.8, 4) is 0 Å². The fourth-order valence-electron chi connectivity index (χ4n) is 1.43. The number of hydrogen-bond donors (Lipinski definition) is 3. The highest BCUT2D eigenvalue weighted by molar-refractivity contribution is 5.65. The van der Waals surface area contributed by atoms with Gasteiger partial charge in [0.05, 0.1) is 6.61 Å². The van der Waals surface area contributed by atoms with Gasteiger partial charge in [-0.3, -0.25) is 4.90 Å². The summed E-state index contributed by atoms with van der Waals surface area (Å²) in [5.41, 5.74) is 5.40. The third kappa shape index (κ3) is 1.70. The zero-order valence-electron chi connectivity index (χ0n) is 7.11. The Morgan fingerprint density at radius 3 is 2.64 bits per heavy atom. The molecule has 0 saturated carbocycles. The van der Waals surface area contributed by atoms with Crippen molar-refractivity contribution in [2.45, 2.75) is 19.4 Å². The molecule has 4 N–H and O–H groups in total. The predicted octanol–water partition coefficient (Wildman–Crippen LogP) is -1.43. The SMILES string of the molecule is CC1(C)COCC[NH+]1C(=N)N. The Hall–Kier alpha value is -0.610. The van der Waals surface area contributed by atoms with Crippen LogP contribution in [0.4, 0.5) is 0 Å². The van der Waals surface area contributed by atoms with Gasteiger partial charge in [-0.1, -0.05) is 0 Å². The quantitative estimate of drug-likeness (QED) is 0.299. The molecule has 0 bridgehead atoms. The summed E-state index contributed by atoms with van der Waals surface area (Å²) in [4.78, 5) is 1.03. The summed E-state index contributed by atoms with van der Waals surface area (Å²) in [6.07, 6.45) is 0. The summed E-state index contributed by atoms with van der Waals surface area (Å²) < 4.78 is 5.29. The maximum atomic E-state index is 7.33. The monoisotopic (exact) mass is 158 g/mol. The van der Waals surface area contributed by atoms with Gasteiger partial charge in [-0.2, -0.15) is 0 Å². The second-order valence-electron chi connectivity index (χ2n) is 3.58. The van der Waals surface area contributed by atoms with Gasteiger partial charge in [0, 0.05) is 0 Å². The van der Waals surface area contributed by atoms with Crippen LogP contribution in [0, 0.1) is 5.41 Å². The molecule has 1 heterocycles. The van der Waals surface area contributed by atoms with Crippen molar-refractivity contribution in [1.29, 1.82) is 5.41 Å². The molecule has 0 radical (unpaired) electrons. The minimum absolute atomic E-state index is 0.0376. The Morgan fingerprint density at radius 2 is 2.27 bits per heavy atom. The van der Waals surface area contributed by atoms with Gasteiger partial charge in [0.2, 0.25) is 0 Å². The van der Waals surface area contributed by atoms with Gasteiger partial charge in [0.25, 0.3) is 5.96 Å². The lowest BCUT2D eigenvalue weighted by molar-refractivity contribution is -0.874. The van der Waals surface area contributed by atoms with E-state index in [2.05, 4.69) is 13.8 Å². The standard InChI is InChI=1S/C7H15N3O/c1-7(2)5-11-4-3-10(7)6(8)9/h3-5H2,1-2H3,(H3,8,9)/p+1. The Balaban J connectivity index is 2.67. The van der Waals surface area contributed by atoms with E-state index in [0.717, 1.165) is 11.4 Å². The highest BCUT2D eigenvalue weighted by Gasteiger charge is 2.36. The van der Waals surface area contributed by atoms with Crippen LogP contribution in [-0.4, -0.2) is 31.3 Å². The van der Waals surface area contributed by atoms with E-state index in [0.29, 0.717) is 13.2 Å². The lowest BCUT2D eigenvalue weighted by atomic mass is 10.0. The number of morpholine rings is 1. The molecule has 0 aromatic heterocycles. The van der Waals surface area contributed by atoms with Crippen molar-refractivity contribution in [2.24, 2.45) is 5.73 Å². The van der Waals surface area contributed by atoms with Crippen molar-refractivity contribution in [1.82, 2.24) is 0 Å². The summed E-state index contributed by atoms with van der Waals surface area (Å²) in [6.45, 7) is 6.31. The van der Waals surface area contributed by atoms with Crippen LogP contribution < -0.4 is 10.6 Å². The largest absolute Gasteiger partial charge is 0.369 e. The first-order valence-corrected chi connectivity index (χ1v) is 3.82. The third-order valence-electron chi connectivity index (χ3n) is 2.10. The van der Waals surface area contributed by atoms with E-state index in [1.807, 2.05) is 0 Å². The zero-order valence-corrected chi connectivity index (χ0v) is 7.11. The van der Waals surface area contributed by atoms with E-state index < -0.39 is 0 Å². The highest BCUT2D eigenvalue weighted by Crippen LogP contribution is 2.00. The van der Waals surface area contributed by atoms with Crippen molar-refractivity contribution < 1.29 is 9.64 Å². The average molecular weight is 158 g/mol. The molecule has 1 aliphatic heterocycles. The number of nitrogens with two attached hydrogens (primary N) is 1. The fourth-order valence-corrected chi connectivity index (χ4v) is 1.43. The number of hydrogen-bond acceptors (Lipinski definition) is 2. The van der Waals surface area contributed by atoms with Crippen LogP contribution in [0.3, 0.4) is 0 Å². The zero-order chi connectivity index (χ0) is 8.48. The number of nitrogens with one attached hydrogen (secondary N) is 2. The maximum absolute atomic E-state index is 7.33.